The third-order valence-electron chi connectivity index (χ3n) is 2.59. The highest BCUT2D eigenvalue weighted by atomic mass is 35.5. The minimum atomic E-state index is -0.0348. The quantitative estimate of drug-likeness (QED) is 0.662. The molecule has 2 rings (SSSR count). The summed E-state index contributed by atoms with van der Waals surface area (Å²) in [6, 6.07) is 7.27. The summed E-state index contributed by atoms with van der Waals surface area (Å²) in [4.78, 5) is 0. The van der Waals surface area contributed by atoms with Crippen LogP contribution in [0.1, 0.15) is 17.2 Å². The Hall–Kier alpha value is -1.00. The van der Waals surface area contributed by atoms with Gasteiger partial charge in [0.25, 0.3) is 0 Å². The lowest BCUT2D eigenvalue weighted by atomic mass is 10.0. The average molecular weight is 271 g/mol. The van der Waals surface area contributed by atoms with Crippen molar-refractivity contribution in [3.8, 4) is 0 Å². The molecule has 1 aromatic carbocycles. The first-order chi connectivity index (χ1) is 8.20. The van der Waals surface area contributed by atoms with Crippen LogP contribution in [0.15, 0.2) is 41.2 Å². The lowest BCUT2D eigenvalue weighted by molar-refractivity contribution is 0.525. The highest BCUT2D eigenvalue weighted by molar-refractivity contribution is 6.35. The van der Waals surface area contributed by atoms with Gasteiger partial charge in [0.2, 0.25) is 0 Å². The van der Waals surface area contributed by atoms with Crippen molar-refractivity contribution >= 4 is 23.2 Å². The first kappa shape index (κ1) is 12.5. The lowest BCUT2D eigenvalue weighted by Gasteiger charge is -2.15. The molecule has 1 aromatic heterocycles. The summed E-state index contributed by atoms with van der Waals surface area (Å²) in [5, 5.41) is 1.26. The maximum absolute atomic E-state index is 6.12. The van der Waals surface area contributed by atoms with Crippen molar-refractivity contribution in [3.63, 3.8) is 0 Å². The van der Waals surface area contributed by atoms with Crippen molar-refractivity contribution in [2.24, 2.45) is 5.84 Å². The summed E-state index contributed by atoms with van der Waals surface area (Å²) in [6.07, 6.45) is 3.95. The Bertz CT molecular complexity index is 485. The normalized spacial score (nSPS) is 12.6. The molecule has 0 saturated carbocycles. The van der Waals surface area contributed by atoms with Crippen LogP contribution in [0.2, 0.25) is 10.0 Å². The minimum Gasteiger partial charge on any atom is -0.472 e. The lowest BCUT2D eigenvalue weighted by Crippen LogP contribution is -2.29. The van der Waals surface area contributed by atoms with E-state index in [9.17, 15) is 0 Å². The van der Waals surface area contributed by atoms with Crippen LogP contribution in [0.3, 0.4) is 0 Å². The van der Waals surface area contributed by atoms with Crippen molar-refractivity contribution in [2.45, 2.75) is 12.5 Å². The maximum Gasteiger partial charge on any atom is 0.0950 e. The van der Waals surface area contributed by atoms with Crippen molar-refractivity contribution in [2.75, 3.05) is 0 Å². The highest BCUT2D eigenvalue weighted by Crippen LogP contribution is 2.26. The fourth-order valence-corrected chi connectivity index (χ4v) is 2.14. The van der Waals surface area contributed by atoms with E-state index in [-0.39, 0.29) is 6.04 Å². The molecule has 1 unspecified atom stereocenters. The molecule has 0 spiro atoms. The summed E-state index contributed by atoms with van der Waals surface area (Å²) in [5.74, 6) is 5.53. The Labute approximate surface area is 109 Å². The number of hydrogen-bond acceptors (Lipinski definition) is 3. The molecule has 0 fully saturated rings. The number of halogens is 2. The number of furan rings is 1. The van der Waals surface area contributed by atoms with Gasteiger partial charge in [0.05, 0.1) is 18.6 Å². The van der Waals surface area contributed by atoms with E-state index in [1.807, 2.05) is 18.2 Å². The van der Waals surface area contributed by atoms with E-state index in [0.717, 1.165) is 11.1 Å². The Morgan fingerprint density at radius 3 is 2.71 bits per heavy atom. The summed E-state index contributed by atoms with van der Waals surface area (Å²) in [5.41, 5.74) is 4.71. The van der Waals surface area contributed by atoms with Crippen molar-refractivity contribution in [3.05, 3.63) is 58.0 Å². The first-order valence-electron chi connectivity index (χ1n) is 5.13. The van der Waals surface area contributed by atoms with Gasteiger partial charge >= 0.3 is 0 Å². The van der Waals surface area contributed by atoms with Crippen molar-refractivity contribution in [1.82, 2.24) is 5.43 Å². The molecule has 0 radical (unpaired) electrons. The van der Waals surface area contributed by atoms with Crippen LogP contribution in [-0.2, 0) is 6.42 Å². The molecule has 2 aromatic rings. The molecule has 17 heavy (non-hydrogen) atoms. The third kappa shape index (κ3) is 3.01. The van der Waals surface area contributed by atoms with Crippen LogP contribution >= 0.6 is 23.2 Å². The third-order valence-corrected chi connectivity index (χ3v) is 3.17. The van der Waals surface area contributed by atoms with Gasteiger partial charge in [-0.3, -0.25) is 11.3 Å². The molecule has 0 aliphatic heterocycles. The van der Waals surface area contributed by atoms with Gasteiger partial charge in [0.15, 0.2) is 0 Å². The van der Waals surface area contributed by atoms with Crippen LogP contribution in [-0.4, -0.2) is 0 Å². The van der Waals surface area contributed by atoms with Crippen LogP contribution < -0.4 is 11.3 Å². The Balaban J connectivity index is 2.19. The van der Waals surface area contributed by atoms with Gasteiger partial charge in [-0.2, -0.15) is 0 Å². The molecule has 3 N–H and O–H groups in total. The van der Waals surface area contributed by atoms with Crippen molar-refractivity contribution < 1.29 is 4.42 Å². The van der Waals surface area contributed by atoms with E-state index in [2.05, 4.69) is 5.43 Å². The van der Waals surface area contributed by atoms with E-state index in [0.29, 0.717) is 16.5 Å². The zero-order chi connectivity index (χ0) is 12.3. The largest absolute Gasteiger partial charge is 0.472 e. The van der Waals surface area contributed by atoms with Crippen LogP contribution in [0.5, 0.6) is 0 Å². The number of benzene rings is 1. The Morgan fingerprint density at radius 1 is 1.29 bits per heavy atom. The second-order valence-electron chi connectivity index (χ2n) is 3.72. The zero-order valence-electron chi connectivity index (χ0n) is 8.99. The van der Waals surface area contributed by atoms with Gasteiger partial charge in [-0.15, -0.1) is 0 Å². The molecule has 0 aliphatic carbocycles. The smallest absolute Gasteiger partial charge is 0.0950 e. The first-order valence-corrected chi connectivity index (χ1v) is 5.88. The number of hydrazine groups is 1. The van der Waals surface area contributed by atoms with Gasteiger partial charge in [0.1, 0.15) is 0 Å². The van der Waals surface area contributed by atoms with Gasteiger partial charge in [0, 0.05) is 15.6 Å². The Morgan fingerprint density at radius 2 is 2.12 bits per heavy atom. The predicted octanol–water partition coefficient (Wildman–Crippen LogP) is 3.33. The second kappa shape index (κ2) is 5.56. The van der Waals surface area contributed by atoms with Gasteiger partial charge in [-0.05, 0) is 30.2 Å². The molecular formula is C12H12Cl2N2O. The molecule has 0 bridgehead atoms. The van der Waals surface area contributed by atoms with Crippen LogP contribution in [0.4, 0.5) is 0 Å². The highest BCUT2D eigenvalue weighted by Gasteiger charge is 2.13. The Kier molecular flexibility index (Phi) is 4.07. The van der Waals surface area contributed by atoms with Crippen molar-refractivity contribution in [1.29, 1.82) is 0 Å². The minimum absolute atomic E-state index is 0.0348. The molecule has 3 nitrogen and oxygen atoms in total. The fraction of sp³-hybridized carbons (Fsp3) is 0.167. The van der Waals surface area contributed by atoms with E-state index < -0.39 is 0 Å². The topological polar surface area (TPSA) is 51.2 Å². The van der Waals surface area contributed by atoms with E-state index >= 15 is 0 Å². The molecule has 1 atom stereocenters. The van der Waals surface area contributed by atoms with E-state index in [4.69, 9.17) is 33.5 Å². The van der Waals surface area contributed by atoms with Gasteiger partial charge < -0.3 is 4.42 Å². The molecule has 90 valence electrons. The monoisotopic (exact) mass is 270 g/mol. The SMILES string of the molecule is NNC(Cc1ccc(Cl)cc1Cl)c1ccoc1. The fourth-order valence-electron chi connectivity index (χ4n) is 1.65. The molecule has 5 heteroatoms. The summed E-state index contributed by atoms with van der Waals surface area (Å²) in [7, 11) is 0. The summed E-state index contributed by atoms with van der Waals surface area (Å²) >= 11 is 12.0. The number of nitrogens with two attached hydrogens (primary N) is 1. The second-order valence-corrected chi connectivity index (χ2v) is 4.56. The average Bonchev–Trinajstić information content (AvgIpc) is 2.81. The molecular weight excluding hydrogens is 259 g/mol. The zero-order valence-corrected chi connectivity index (χ0v) is 10.5. The van der Waals surface area contributed by atoms with E-state index in [1.165, 1.54) is 0 Å². The summed E-state index contributed by atoms with van der Waals surface area (Å²) < 4.78 is 5.03. The van der Waals surface area contributed by atoms with Gasteiger partial charge in [-0.1, -0.05) is 29.3 Å². The standard InChI is InChI=1S/C12H12Cl2N2O/c13-10-2-1-8(11(14)6-10)5-12(16-15)9-3-4-17-7-9/h1-4,6-7,12,16H,5,15H2. The van der Waals surface area contributed by atoms with E-state index in [1.54, 1.807) is 18.6 Å². The van der Waals surface area contributed by atoms with Crippen LogP contribution in [0.25, 0.3) is 0 Å². The molecule has 0 amide bonds. The molecule has 1 heterocycles. The maximum atomic E-state index is 6.12. The van der Waals surface area contributed by atoms with Gasteiger partial charge in [-0.25, -0.2) is 0 Å². The molecule has 0 aliphatic rings. The molecule has 0 saturated heterocycles. The summed E-state index contributed by atoms with van der Waals surface area (Å²) in [6.45, 7) is 0. The number of hydrogen-bond donors (Lipinski definition) is 2. The predicted molar refractivity (Wildman–Crippen MR) is 68.9 cm³/mol. The van der Waals surface area contributed by atoms with Crippen LogP contribution in [0, 0.1) is 0 Å². The number of rotatable bonds is 4. The number of nitrogens with one attached hydrogen (secondary N) is 1.